The van der Waals surface area contributed by atoms with Crippen LogP contribution in [0.5, 0.6) is 0 Å². The molecule has 0 fully saturated rings. The molecule has 0 spiro atoms. The van der Waals surface area contributed by atoms with Gasteiger partial charge in [0.2, 0.25) is 0 Å². The third kappa shape index (κ3) is 3.69. The molecular formula is C18H19FO2. The highest BCUT2D eigenvalue weighted by molar-refractivity contribution is 5.78. The Hall–Kier alpha value is -2.16. The number of halogens is 1. The second kappa shape index (κ2) is 7.02. The SMILES string of the molecule is CCCOC(=O)[C@H](C)c1ccc(-c2ccccc2)c(F)c1. The molecule has 21 heavy (non-hydrogen) atoms. The lowest BCUT2D eigenvalue weighted by molar-refractivity contribution is -0.145. The Balaban J connectivity index is 2.21. The van der Waals surface area contributed by atoms with Crippen molar-refractivity contribution < 1.29 is 13.9 Å². The number of benzene rings is 2. The highest BCUT2D eigenvalue weighted by Gasteiger charge is 2.18. The van der Waals surface area contributed by atoms with Crippen LogP contribution in [-0.2, 0) is 9.53 Å². The summed E-state index contributed by atoms with van der Waals surface area (Å²) in [6.45, 7) is 4.06. The highest BCUT2D eigenvalue weighted by Crippen LogP contribution is 2.26. The van der Waals surface area contributed by atoms with Gasteiger partial charge in [0, 0.05) is 5.56 Å². The topological polar surface area (TPSA) is 26.3 Å². The summed E-state index contributed by atoms with van der Waals surface area (Å²) in [5.74, 6) is -1.10. The molecule has 0 saturated heterocycles. The molecule has 1 atom stereocenters. The van der Waals surface area contributed by atoms with Gasteiger partial charge in [0.1, 0.15) is 5.82 Å². The van der Waals surface area contributed by atoms with Gasteiger partial charge in [-0.2, -0.15) is 0 Å². The Morgan fingerprint density at radius 3 is 2.52 bits per heavy atom. The van der Waals surface area contributed by atoms with Crippen LogP contribution in [0.3, 0.4) is 0 Å². The Kier molecular flexibility index (Phi) is 5.09. The fraction of sp³-hybridized carbons (Fsp3) is 0.278. The van der Waals surface area contributed by atoms with Crippen molar-refractivity contribution >= 4 is 5.97 Å². The minimum atomic E-state index is -0.462. The molecule has 0 N–H and O–H groups in total. The van der Waals surface area contributed by atoms with Crippen LogP contribution in [-0.4, -0.2) is 12.6 Å². The van der Waals surface area contributed by atoms with Gasteiger partial charge < -0.3 is 4.74 Å². The lowest BCUT2D eigenvalue weighted by atomic mass is 9.97. The lowest BCUT2D eigenvalue weighted by Crippen LogP contribution is -2.14. The van der Waals surface area contributed by atoms with Crippen LogP contribution in [0, 0.1) is 5.82 Å². The van der Waals surface area contributed by atoms with Crippen molar-refractivity contribution in [1.82, 2.24) is 0 Å². The molecule has 0 aliphatic heterocycles. The Morgan fingerprint density at radius 2 is 1.90 bits per heavy atom. The van der Waals surface area contributed by atoms with Gasteiger partial charge >= 0.3 is 5.97 Å². The molecule has 2 aromatic rings. The van der Waals surface area contributed by atoms with E-state index in [0.717, 1.165) is 12.0 Å². The number of hydrogen-bond donors (Lipinski definition) is 0. The van der Waals surface area contributed by atoms with Crippen LogP contribution in [0.15, 0.2) is 48.5 Å². The molecule has 2 aromatic carbocycles. The van der Waals surface area contributed by atoms with Crippen LogP contribution in [0.2, 0.25) is 0 Å². The molecule has 0 saturated carbocycles. The van der Waals surface area contributed by atoms with Gasteiger partial charge in [-0.3, -0.25) is 4.79 Å². The van der Waals surface area contributed by atoms with E-state index < -0.39 is 5.92 Å². The predicted octanol–water partition coefficient (Wildman–Crippen LogP) is 4.55. The molecule has 0 aliphatic rings. The number of carbonyl (C=O) groups is 1. The number of esters is 1. The monoisotopic (exact) mass is 286 g/mol. The summed E-state index contributed by atoms with van der Waals surface area (Å²) < 4.78 is 19.4. The zero-order chi connectivity index (χ0) is 15.2. The van der Waals surface area contributed by atoms with Crippen molar-refractivity contribution in [2.24, 2.45) is 0 Å². The van der Waals surface area contributed by atoms with Crippen LogP contribution in [0.4, 0.5) is 4.39 Å². The van der Waals surface area contributed by atoms with Crippen LogP contribution >= 0.6 is 0 Å². The quantitative estimate of drug-likeness (QED) is 0.754. The minimum Gasteiger partial charge on any atom is -0.465 e. The normalized spacial score (nSPS) is 12.0. The summed E-state index contributed by atoms with van der Waals surface area (Å²) in [6.07, 6.45) is 0.778. The van der Waals surface area contributed by atoms with E-state index in [2.05, 4.69) is 0 Å². The van der Waals surface area contributed by atoms with Crippen molar-refractivity contribution in [2.45, 2.75) is 26.2 Å². The summed E-state index contributed by atoms with van der Waals surface area (Å²) >= 11 is 0. The van der Waals surface area contributed by atoms with Crippen molar-refractivity contribution in [3.05, 3.63) is 59.9 Å². The average Bonchev–Trinajstić information content (AvgIpc) is 2.52. The highest BCUT2D eigenvalue weighted by atomic mass is 19.1. The first-order valence-corrected chi connectivity index (χ1v) is 7.15. The smallest absolute Gasteiger partial charge is 0.313 e. The molecular weight excluding hydrogens is 267 g/mol. The molecule has 0 aliphatic carbocycles. The third-order valence-corrected chi connectivity index (χ3v) is 3.38. The van der Waals surface area contributed by atoms with Crippen molar-refractivity contribution in [1.29, 1.82) is 0 Å². The van der Waals surface area contributed by atoms with Gasteiger partial charge in [-0.05, 0) is 30.5 Å². The van der Waals surface area contributed by atoms with E-state index in [0.29, 0.717) is 17.7 Å². The third-order valence-electron chi connectivity index (χ3n) is 3.38. The van der Waals surface area contributed by atoms with Gasteiger partial charge in [-0.15, -0.1) is 0 Å². The second-order valence-corrected chi connectivity index (χ2v) is 4.99. The van der Waals surface area contributed by atoms with E-state index in [1.54, 1.807) is 19.1 Å². The number of carbonyl (C=O) groups excluding carboxylic acids is 1. The van der Waals surface area contributed by atoms with E-state index >= 15 is 0 Å². The van der Waals surface area contributed by atoms with Crippen LogP contribution in [0.1, 0.15) is 31.7 Å². The molecule has 0 amide bonds. The summed E-state index contributed by atoms with van der Waals surface area (Å²) in [4.78, 5) is 11.8. The molecule has 0 unspecified atom stereocenters. The standard InChI is InChI=1S/C18H19FO2/c1-3-11-21-18(20)13(2)15-9-10-16(17(19)12-15)14-7-5-4-6-8-14/h4-10,12-13H,3,11H2,1-2H3/t13-/m1/s1. The van der Waals surface area contributed by atoms with Crippen molar-refractivity contribution in [3.63, 3.8) is 0 Å². The van der Waals surface area contributed by atoms with Crippen molar-refractivity contribution in [2.75, 3.05) is 6.61 Å². The second-order valence-electron chi connectivity index (χ2n) is 4.99. The maximum atomic E-state index is 14.3. The maximum absolute atomic E-state index is 14.3. The largest absolute Gasteiger partial charge is 0.465 e. The Bertz CT molecular complexity index is 608. The summed E-state index contributed by atoms with van der Waals surface area (Å²) in [6, 6.07) is 14.3. The molecule has 0 radical (unpaired) electrons. The average molecular weight is 286 g/mol. The molecule has 110 valence electrons. The van der Waals surface area contributed by atoms with Gasteiger partial charge in [0.15, 0.2) is 0 Å². The Labute approximate surface area is 124 Å². The van der Waals surface area contributed by atoms with Gasteiger partial charge in [0.25, 0.3) is 0 Å². The van der Waals surface area contributed by atoms with Crippen LogP contribution < -0.4 is 0 Å². The first kappa shape index (κ1) is 15.2. The van der Waals surface area contributed by atoms with E-state index in [1.807, 2.05) is 37.3 Å². The summed E-state index contributed by atoms with van der Waals surface area (Å²) in [5, 5.41) is 0. The van der Waals surface area contributed by atoms with Gasteiger partial charge in [-0.25, -0.2) is 4.39 Å². The van der Waals surface area contributed by atoms with Crippen molar-refractivity contribution in [3.8, 4) is 11.1 Å². The number of rotatable bonds is 5. The van der Waals surface area contributed by atoms with Crippen LogP contribution in [0.25, 0.3) is 11.1 Å². The molecule has 0 bridgehead atoms. The first-order chi connectivity index (χ1) is 10.1. The molecule has 0 heterocycles. The van der Waals surface area contributed by atoms with E-state index in [1.165, 1.54) is 6.07 Å². The number of hydrogen-bond acceptors (Lipinski definition) is 2. The fourth-order valence-corrected chi connectivity index (χ4v) is 2.12. The van der Waals surface area contributed by atoms with E-state index in [4.69, 9.17) is 4.74 Å². The molecule has 2 rings (SSSR count). The summed E-state index contributed by atoms with van der Waals surface area (Å²) in [5.41, 5.74) is 1.99. The minimum absolute atomic E-state index is 0.316. The zero-order valence-corrected chi connectivity index (χ0v) is 12.3. The molecule has 3 heteroatoms. The first-order valence-electron chi connectivity index (χ1n) is 7.15. The Morgan fingerprint density at radius 1 is 1.19 bits per heavy atom. The van der Waals surface area contributed by atoms with Gasteiger partial charge in [0.05, 0.1) is 12.5 Å². The van der Waals surface area contributed by atoms with E-state index in [-0.39, 0.29) is 11.8 Å². The number of ether oxygens (including phenoxy) is 1. The molecule has 2 nitrogen and oxygen atoms in total. The zero-order valence-electron chi connectivity index (χ0n) is 12.3. The lowest BCUT2D eigenvalue weighted by Gasteiger charge is -2.13. The predicted molar refractivity (Wildman–Crippen MR) is 81.5 cm³/mol. The van der Waals surface area contributed by atoms with E-state index in [9.17, 15) is 9.18 Å². The maximum Gasteiger partial charge on any atom is 0.313 e. The summed E-state index contributed by atoms with van der Waals surface area (Å²) in [7, 11) is 0. The molecule has 0 aromatic heterocycles. The van der Waals surface area contributed by atoms with Gasteiger partial charge in [-0.1, -0.05) is 49.4 Å². The fourth-order valence-electron chi connectivity index (χ4n) is 2.12.